The van der Waals surface area contributed by atoms with Crippen LogP contribution in [0.25, 0.3) is 0 Å². The van der Waals surface area contributed by atoms with Crippen molar-refractivity contribution in [3.05, 3.63) is 64.2 Å². The fourth-order valence-electron chi connectivity index (χ4n) is 0.642. The van der Waals surface area contributed by atoms with Crippen LogP contribution >= 0.6 is 17.7 Å². The second-order valence-electron chi connectivity index (χ2n) is 2.31. The molecule has 2 fully saturated rings. The molecule has 0 amide bonds. The second kappa shape index (κ2) is 21.5. The predicted octanol–water partition coefficient (Wildman–Crippen LogP) is 6.28. The van der Waals surface area contributed by atoms with Gasteiger partial charge in [-0.15, -0.1) is 0 Å². The van der Waals surface area contributed by atoms with E-state index in [1.54, 1.807) is 0 Å². The van der Waals surface area contributed by atoms with E-state index in [1.165, 1.54) is 0 Å². The largest absolute Gasteiger partial charge is 0.456 e. The molecule has 0 spiro atoms. The molecule has 2 rings (SSSR count). The Bertz CT molecular complexity index is 109. The van der Waals surface area contributed by atoms with Gasteiger partial charge in [-0.1, -0.05) is 0 Å². The Morgan fingerprint density at radius 2 is 0.421 bits per heavy atom. The van der Waals surface area contributed by atoms with Crippen molar-refractivity contribution in [2.45, 2.75) is 0 Å². The maximum atomic E-state index is 9.73. The predicted molar refractivity (Wildman–Crippen MR) is 63.5 cm³/mol. The van der Waals surface area contributed by atoms with Crippen molar-refractivity contribution < 1.29 is 46.9 Å². The minimum atomic E-state index is -4.12. The van der Waals surface area contributed by atoms with Gasteiger partial charge in [-0.3, -0.25) is 0 Å². The van der Waals surface area contributed by atoms with Gasteiger partial charge in [0.25, 0.3) is 0 Å². The van der Waals surface area contributed by atoms with Crippen molar-refractivity contribution in [3.63, 3.8) is 0 Å². The van der Waals surface area contributed by atoms with Gasteiger partial charge < -0.3 is 0 Å². The Kier molecular flexibility index (Phi) is 28.4. The molecule has 0 bridgehead atoms. The Balaban J connectivity index is -0.000000178. The Labute approximate surface area is 129 Å². The van der Waals surface area contributed by atoms with Gasteiger partial charge in [0.2, 0.25) is 0 Å². The van der Waals surface area contributed by atoms with Gasteiger partial charge in [-0.25, -0.2) is 0 Å². The van der Waals surface area contributed by atoms with E-state index in [-0.39, 0.29) is 21.7 Å². The van der Waals surface area contributed by atoms with Gasteiger partial charge in [0, 0.05) is 21.7 Å². The van der Waals surface area contributed by atoms with Crippen LogP contribution in [-0.2, 0) is 21.7 Å². The summed E-state index contributed by atoms with van der Waals surface area (Å²) in [5, 5.41) is 0. The molecule has 10 radical (unpaired) electrons. The van der Waals surface area contributed by atoms with Crippen LogP contribution in [-0.4, -0.2) is 0 Å². The van der Waals surface area contributed by atoms with E-state index in [9.17, 15) is 25.2 Å². The molecule has 0 aromatic heterocycles. The molecule has 0 aromatic rings. The minimum Gasteiger partial charge on any atom is -0.152 e. The van der Waals surface area contributed by atoms with Crippen LogP contribution in [0.3, 0.4) is 0 Å². The van der Waals surface area contributed by atoms with E-state index in [4.69, 9.17) is 0 Å². The molecule has 106 valence electrons. The zero-order chi connectivity index (χ0) is 14.2. The van der Waals surface area contributed by atoms with Crippen LogP contribution in [0, 0.1) is 64.2 Å². The molecule has 0 nitrogen and oxygen atoms in total. The fraction of sp³-hybridized carbons (Fsp3) is 0. The van der Waals surface area contributed by atoms with Crippen molar-refractivity contribution in [1.29, 1.82) is 0 Å². The quantitative estimate of drug-likeness (QED) is 0.273. The summed E-state index contributed by atoms with van der Waals surface area (Å²) in [6, 6.07) is 0. The van der Waals surface area contributed by atoms with E-state index >= 15 is 0 Å². The van der Waals surface area contributed by atoms with Crippen LogP contribution in [0.1, 0.15) is 0 Å². The Hall–Kier alpha value is 1.15. The molecule has 0 N–H and O–H groups in total. The maximum absolute atomic E-state index is 9.73. The first kappa shape index (κ1) is 25.1. The second-order valence-corrected chi connectivity index (χ2v) is 3.07. The number of hydrogen-bond acceptors (Lipinski definition) is 0. The Morgan fingerprint density at radius 1 is 0.368 bits per heavy atom. The van der Waals surface area contributed by atoms with Gasteiger partial charge in [-0.05, 0) is 64.2 Å². The molecule has 2 saturated carbocycles. The van der Waals surface area contributed by atoms with Crippen molar-refractivity contribution in [3.8, 4) is 0 Å². The van der Waals surface area contributed by atoms with Gasteiger partial charge in [0.1, 0.15) is 0 Å². The summed E-state index contributed by atoms with van der Waals surface area (Å²) in [5.74, 6) is 0. The van der Waals surface area contributed by atoms with Crippen LogP contribution in [0.2, 0.25) is 0 Å². The molecule has 0 aromatic carbocycles. The number of hydrogen-bond donors (Lipinski definition) is 0. The molecular formula is C10H10F6P2Ti. The van der Waals surface area contributed by atoms with Gasteiger partial charge in [0.15, 0.2) is 0 Å². The minimum absolute atomic E-state index is 0. The number of rotatable bonds is 0. The van der Waals surface area contributed by atoms with Gasteiger partial charge >= 0.3 is 17.7 Å². The normalized spacial score (nSPS) is 16.4. The number of halogens is 6. The molecule has 9 heteroatoms. The Morgan fingerprint density at radius 3 is 0.474 bits per heavy atom. The van der Waals surface area contributed by atoms with E-state index in [1.807, 2.05) is 64.2 Å². The molecular weight excluding hydrogens is 344 g/mol. The molecule has 0 unspecified atom stereocenters. The average Bonchev–Trinajstić information content (AvgIpc) is 2.96. The summed E-state index contributed by atoms with van der Waals surface area (Å²) >= 11 is 0. The van der Waals surface area contributed by atoms with Crippen LogP contribution < -0.4 is 0 Å². The van der Waals surface area contributed by atoms with Crippen LogP contribution in [0.5, 0.6) is 0 Å². The molecule has 2 aliphatic rings. The third-order valence-corrected chi connectivity index (χ3v) is 1.11. The third-order valence-electron chi connectivity index (χ3n) is 1.11. The summed E-state index contributed by atoms with van der Waals surface area (Å²) in [5.41, 5.74) is 0. The average molecular weight is 354 g/mol. The molecule has 19 heavy (non-hydrogen) atoms. The van der Waals surface area contributed by atoms with E-state index in [0.717, 1.165) is 0 Å². The summed E-state index contributed by atoms with van der Waals surface area (Å²) in [4.78, 5) is 0. The summed E-state index contributed by atoms with van der Waals surface area (Å²) in [7, 11) is -8.24. The molecule has 0 saturated heterocycles. The zero-order valence-electron chi connectivity index (χ0n) is 9.44. The monoisotopic (exact) mass is 354 g/mol. The van der Waals surface area contributed by atoms with Crippen molar-refractivity contribution >= 4 is 17.7 Å². The summed E-state index contributed by atoms with van der Waals surface area (Å²) in [6.45, 7) is 0. The van der Waals surface area contributed by atoms with Crippen LogP contribution in [0.15, 0.2) is 0 Å². The third kappa shape index (κ3) is 45.3. The van der Waals surface area contributed by atoms with Gasteiger partial charge in [0.05, 0.1) is 0 Å². The summed E-state index contributed by atoms with van der Waals surface area (Å²) in [6.07, 6.45) is 20.0. The summed E-state index contributed by atoms with van der Waals surface area (Å²) < 4.78 is 58.4. The zero-order valence-corrected chi connectivity index (χ0v) is 12.8. The molecule has 0 heterocycles. The van der Waals surface area contributed by atoms with Gasteiger partial charge in [-0.2, -0.15) is 25.2 Å². The smallest absolute Gasteiger partial charge is 0.152 e. The first-order valence-corrected chi connectivity index (χ1v) is 6.38. The van der Waals surface area contributed by atoms with Crippen molar-refractivity contribution in [1.82, 2.24) is 0 Å². The molecule has 0 atom stereocenters. The van der Waals surface area contributed by atoms with E-state index < -0.39 is 17.7 Å². The fourth-order valence-corrected chi connectivity index (χ4v) is 0.642. The van der Waals surface area contributed by atoms with Crippen molar-refractivity contribution in [2.24, 2.45) is 0 Å². The first-order valence-electron chi connectivity index (χ1n) is 4.35. The maximum Gasteiger partial charge on any atom is 0.456 e. The van der Waals surface area contributed by atoms with Crippen molar-refractivity contribution in [2.75, 3.05) is 0 Å². The molecule has 2 aliphatic carbocycles. The first-order chi connectivity index (χ1) is 8.46. The van der Waals surface area contributed by atoms with E-state index in [2.05, 4.69) is 0 Å². The molecule has 0 aliphatic heterocycles. The SMILES string of the molecule is FP(F)F.FP(F)F.[CH]1[CH][CH][CH][CH]1.[CH]1[CH][CH][CH][CH]1.[Ti]. The topological polar surface area (TPSA) is 0 Å². The van der Waals surface area contributed by atoms with Crippen LogP contribution in [0.4, 0.5) is 25.2 Å². The van der Waals surface area contributed by atoms with E-state index in [0.29, 0.717) is 0 Å². The standard InChI is InChI=1S/2C5H5.2F3P.Ti/c2*1-2-4-5-3-1;2*1-4(2)3;/h2*1-5H;;;.